The molecule has 2 heterocycles. The Morgan fingerprint density at radius 2 is 2.31 bits per heavy atom. The Balaban J connectivity index is 2.20. The largest absolute Gasteiger partial charge is 0.478 e. The molecule has 1 aromatic heterocycles. The second kappa shape index (κ2) is 4.55. The molecule has 88 valence electrons. The first-order chi connectivity index (χ1) is 7.58. The van der Waals surface area contributed by atoms with Crippen LogP contribution in [0.5, 0.6) is 0 Å². The molecular formula is C12H17NO2S. The molecule has 2 unspecified atom stereocenters. The fourth-order valence-corrected chi connectivity index (χ4v) is 3.37. The molecule has 4 heteroatoms. The number of rotatable bonds is 2. The second-order valence-corrected chi connectivity index (χ2v) is 5.76. The van der Waals surface area contributed by atoms with Crippen molar-refractivity contribution in [2.45, 2.75) is 45.2 Å². The van der Waals surface area contributed by atoms with Gasteiger partial charge in [-0.2, -0.15) is 0 Å². The van der Waals surface area contributed by atoms with Gasteiger partial charge in [0.2, 0.25) is 0 Å². The van der Waals surface area contributed by atoms with Crippen LogP contribution in [0.15, 0.2) is 6.07 Å². The van der Waals surface area contributed by atoms with Crippen LogP contribution in [0.25, 0.3) is 0 Å². The molecule has 0 saturated carbocycles. The Hall–Kier alpha value is -0.870. The van der Waals surface area contributed by atoms with Gasteiger partial charge in [0.15, 0.2) is 0 Å². The minimum atomic E-state index is -0.816. The standard InChI is InChI=1S/C12H17NO2S/c1-7-4-3-5-10(13-7)11-6-9(12(14)15)8(2)16-11/h6-7,10,13H,3-5H2,1-2H3,(H,14,15). The highest BCUT2D eigenvalue weighted by atomic mass is 32.1. The quantitative estimate of drug-likeness (QED) is 0.834. The molecule has 3 nitrogen and oxygen atoms in total. The molecule has 2 rings (SSSR count). The molecule has 1 saturated heterocycles. The topological polar surface area (TPSA) is 49.3 Å². The zero-order valence-corrected chi connectivity index (χ0v) is 10.4. The van der Waals surface area contributed by atoms with Gasteiger partial charge in [0, 0.05) is 21.8 Å². The molecule has 0 bridgehead atoms. The van der Waals surface area contributed by atoms with E-state index in [1.807, 2.05) is 13.0 Å². The zero-order valence-electron chi connectivity index (χ0n) is 9.62. The van der Waals surface area contributed by atoms with Gasteiger partial charge >= 0.3 is 5.97 Å². The van der Waals surface area contributed by atoms with Crippen molar-refractivity contribution in [3.63, 3.8) is 0 Å². The van der Waals surface area contributed by atoms with Crippen molar-refractivity contribution < 1.29 is 9.90 Å². The third kappa shape index (κ3) is 2.28. The molecule has 2 atom stereocenters. The first-order valence-electron chi connectivity index (χ1n) is 5.67. The number of carboxylic acid groups (broad SMARTS) is 1. The lowest BCUT2D eigenvalue weighted by molar-refractivity contribution is 0.0696. The highest BCUT2D eigenvalue weighted by molar-refractivity contribution is 7.12. The number of piperidine rings is 1. The second-order valence-electron chi connectivity index (χ2n) is 4.47. The molecule has 0 radical (unpaired) electrons. The van der Waals surface area contributed by atoms with E-state index in [-0.39, 0.29) is 0 Å². The SMILES string of the molecule is Cc1sc(C2CCCC(C)N2)cc1C(=O)O. The average molecular weight is 239 g/mol. The third-order valence-corrected chi connectivity index (χ3v) is 4.29. The normalized spacial score (nSPS) is 25.6. The van der Waals surface area contributed by atoms with Gasteiger partial charge in [0.05, 0.1) is 5.56 Å². The number of thiophene rings is 1. The molecule has 16 heavy (non-hydrogen) atoms. The van der Waals surface area contributed by atoms with E-state index in [4.69, 9.17) is 5.11 Å². The maximum Gasteiger partial charge on any atom is 0.336 e. The third-order valence-electron chi connectivity index (χ3n) is 3.13. The number of aryl methyl sites for hydroxylation is 1. The molecule has 0 aliphatic carbocycles. The van der Waals surface area contributed by atoms with E-state index < -0.39 is 5.97 Å². The van der Waals surface area contributed by atoms with Gasteiger partial charge in [0.1, 0.15) is 0 Å². The van der Waals surface area contributed by atoms with Crippen LogP contribution in [0.4, 0.5) is 0 Å². The highest BCUT2D eigenvalue weighted by Gasteiger charge is 2.22. The van der Waals surface area contributed by atoms with Crippen molar-refractivity contribution in [1.29, 1.82) is 0 Å². The molecule has 1 aliphatic rings. The Bertz CT molecular complexity index is 400. The van der Waals surface area contributed by atoms with Crippen molar-refractivity contribution in [3.8, 4) is 0 Å². The lowest BCUT2D eigenvalue weighted by Gasteiger charge is -2.27. The van der Waals surface area contributed by atoms with Crippen LogP contribution in [0.3, 0.4) is 0 Å². The van der Waals surface area contributed by atoms with Gasteiger partial charge in [-0.05, 0) is 39.2 Å². The summed E-state index contributed by atoms with van der Waals surface area (Å²) in [7, 11) is 0. The molecule has 1 aromatic rings. The van der Waals surface area contributed by atoms with Gasteiger partial charge in [-0.25, -0.2) is 4.79 Å². The van der Waals surface area contributed by atoms with E-state index in [0.717, 1.165) is 11.3 Å². The van der Waals surface area contributed by atoms with Crippen LogP contribution in [-0.4, -0.2) is 17.1 Å². The number of hydrogen-bond acceptors (Lipinski definition) is 3. The molecule has 0 spiro atoms. The molecule has 1 aliphatic heterocycles. The summed E-state index contributed by atoms with van der Waals surface area (Å²) in [6.45, 7) is 4.06. The predicted octanol–water partition coefficient (Wildman–Crippen LogP) is 2.96. The minimum absolute atomic E-state index is 0.348. The Morgan fingerprint density at radius 3 is 2.88 bits per heavy atom. The summed E-state index contributed by atoms with van der Waals surface area (Å²) in [6, 6.07) is 2.72. The number of carbonyl (C=O) groups is 1. The van der Waals surface area contributed by atoms with E-state index in [1.165, 1.54) is 17.7 Å². The highest BCUT2D eigenvalue weighted by Crippen LogP contribution is 2.32. The van der Waals surface area contributed by atoms with Gasteiger partial charge in [0.25, 0.3) is 0 Å². The maximum absolute atomic E-state index is 11.0. The van der Waals surface area contributed by atoms with Crippen molar-refractivity contribution in [3.05, 3.63) is 21.4 Å². The Kier molecular flexibility index (Phi) is 3.30. The zero-order chi connectivity index (χ0) is 11.7. The summed E-state index contributed by atoms with van der Waals surface area (Å²) in [5.74, 6) is -0.816. The summed E-state index contributed by atoms with van der Waals surface area (Å²) in [5.41, 5.74) is 0.458. The van der Waals surface area contributed by atoms with E-state index in [9.17, 15) is 4.79 Å². The summed E-state index contributed by atoms with van der Waals surface area (Å²) in [6.07, 6.45) is 3.55. The van der Waals surface area contributed by atoms with E-state index >= 15 is 0 Å². The fraction of sp³-hybridized carbons (Fsp3) is 0.583. The summed E-state index contributed by atoms with van der Waals surface area (Å²) < 4.78 is 0. The Labute approximate surface area is 99.5 Å². The van der Waals surface area contributed by atoms with Crippen molar-refractivity contribution in [1.82, 2.24) is 5.32 Å². The first-order valence-corrected chi connectivity index (χ1v) is 6.49. The number of carboxylic acids is 1. The minimum Gasteiger partial charge on any atom is -0.478 e. The summed E-state index contributed by atoms with van der Waals surface area (Å²) in [5, 5.41) is 12.5. The molecule has 1 fully saturated rings. The Morgan fingerprint density at radius 1 is 1.56 bits per heavy atom. The van der Waals surface area contributed by atoms with Crippen molar-refractivity contribution in [2.24, 2.45) is 0 Å². The smallest absolute Gasteiger partial charge is 0.336 e. The van der Waals surface area contributed by atoms with Gasteiger partial charge in [-0.15, -0.1) is 11.3 Å². The van der Waals surface area contributed by atoms with Crippen molar-refractivity contribution >= 4 is 17.3 Å². The lowest BCUT2D eigenvalue weighted by Crippen LogP contribution is -2.34. The first kappa shape index (κ1) is 11.6. The van der Waals surface area contributed by atoms with Crippen LogP contribution >= 0.6 is 11.3 Å². The summed E-state index contributed by atoms with van der Waals surface area (Å²) in [4.78, 5) is 13.0. The summed E-state index contributed by atoms with van der Waals surface area (Å²) >= 11 is 1.61. The van der Waals surface area contributed by atoms with Gasteiger partial charge < -0.3 is 10.4 Å². The maximum atomic E-state index is 11.0. The molecule has 0 amide bonds. The van der Waals surface area contributed by atoms with Crippen LogP contribution in [0, 0.1) is 6.92 Å². The molecule has 0 aromatic carbocycles. The van der Waals surface area contributed by atoms with Crippen LogP contribution < -0.4 is 5.32 Å². The molecular weight excluding hydrogens is 222 g/mol. The van der Waals surface area contributed by atoms with E-state index in [0.29, 0.717) is 17.6 Å². The van der Waals surface area contributed by atoms with Crippen LogP contribution in [0.1, 0.15) is 52.3 Å². The van der Waals surface area contributed by atoms with Crippen molar-refractivity contribution in [2.75, 3.05) is 0 Å². The predicted molar refractivity (Wildman–Crippen MR) is 65.2 cm³/mol. The monoisotopic (exact) mass is 239 g/mol. The van der Waals surface area contributed by atoms with E-state index in [2.05, 4.69) is 12.2 Å². The number of hydrogen-bond donors (Lipinski definition) is 2. The van der Waals surface area contributed by atoms with Crippen LogP contribution in [0.2, 0.25) is 0 Å². The van der Waals surface area contributed by atoms with Gasteiger partial charge in [-0.1, -0.05) is 0 Å². The number of aromatic carboxylic acids is 1. The van der Waals surface area contributed by atoms with E-state index in [1.54, 1.807) is 11.3 Å². The molecule has 2 N–H and O–H groups in total. The number of nitrogens with one attached hydrogen (secondary N) is 1. The van der Waals surface area contributed by atoms with Crippen LogP contribution in [-0.2, 0) is 0 Å². The average Bonchev–Trinajstić information content (AvgIpc) is 2.60. The lowest BCUT2D eigenvalue weighted by atomic mass is 9.98. The van der Waals surface area contributed by atoms with Gasteiger partial charge in [-0.3, -0.25) is 0 Å². The fourth-order valence-electron chi connectivity index (χ4n) is 2.25.